The van der Waals surface area contributed by atoms with Crippen molar-refractivity contribution in [2.24, 2.45) is 10.9 Å². The van der Waals surface area contributed by atoms with E-state index in [9.17, 15) is 8.42 Å². The predicted octanol–water partition coefficient (Wildman–Crippen LogP) is 1.74. The quantitative estimate of drug-likeness (QED) is 0.464. The van der Waals surface area contributed by atoms with Gasteiger partial charge in [-0.1, -0.05) is 6.92 Å². The molecule has 29 heavy (non-hydrogen) atoms. The third-order valence-electron chi connectivity index (χ3n) is 5.30. The van der Waals surface area contributed by atoms with Crippen molar-refractivity contribution in [2.45, 2.75) is 51.6 Å². The zero-order chi connectivity index (χ0) is 20.7. The number of ether oxygens (including phenoxy) is 1. The van der Waals surface area contributed by atoms with Gasteiger partial charge in [0.05, 0.1) is 12.4 Å². The van der Waals surface area contributed by atoms with Crippen LogP contribution in [0.4, 0.5) is 0 Å². The molecule has 2 fully saturated rings. The van der Waals surface area contributed by atoms with Gasteiger partial charge in [-0.3, -0.25) is 4.99 Å². The molecule has 1 aliphatic heterocycles. The topological polar surface area (TPSA) is 95.9 Å². The lowest BCUT2D eigenvalue weighted by Crippen LogP contribution is -2.49. The number of sulfonamides is 1. The summed E-state index contributed by atoms with van der Waals surface area (Å²) < 4.78 is 31.8. The number of hydrogen-bond acceptors (Lipinski definition) is 5. The third kappa shape index (κ3) is 6.85. The minimum atomic E-state index is -3.11. The Bertz CT molecular complexity index is 787. The van der Waals surface area contributed by atoms with Gasteiger partial charge in [-0.15, -0.1) is 0 Å². The molecule has 1 saturated heterocycles. The molecule has 0 bridgehead atoms. The second-order valence-corrected chi connectivity index (χ2v) is 9.90. The Kier molecular flexibility index (Phi) is 7.71. The van der Waals surface area contributed by atoms with E-state index in [-0.39, 0.29) is 11.8 Å². The van der Waals surface area contributed by atoms with Crippen LogP contribution in [0.1, 0.15) is 44.6 Å². The molecular weight excluding hydrogens is 390 g/mol. The average Bonchev–Trinajstić information content (AvgIpc) is 3.55. The van der Waals surface area contributed by atoms with E-state index < -0.39 is 10.0 Å². The molecule has 0 radical (unpaired) electrons. The number of rotatable bonds is 9. The summed E-state index contributed by atoms with van der Waals surface area (Å²) in [4.78, 5) is 8.57. The van der Waals surface area contributed by atoms with E-state index in [0.29, 0.717) is 37.9 Å². The van der Waals surface area contributed by atoms with Crippen LogP contribution in [-0.4, -0.2) is 62.2 Å². The normalized spacial score (nSPS) is 19.2. The van der Waals surface area contributed by atoms with Crippen molar-refractivity contribution in [3.05, 3.63) is 23.9 Å². The molecule has 8 nitrogen and oxygen atoms in total. The molecule has 162 valence electrons. The number of pyridine rings is 1. The van der Waals surface area contributed by atoms with Gasteiger partial charge >= 0.3 is 0 Å². The minimum Gasteiger partial charge on any atom is -0.477 e. The first-order valence-electron chi connectivity index (χ1n) is 10.5. The van der Waals surface area contributed by atoms with E-state index in [4.69, 9.17) is 4.74 Å². The van der Waals surface area contributed by atoms with Crippen LogP contribution in [0.5, 0.6) is 5.88 Å². The van der Waals surface area contributed by atoms with Gasteiger partial charge in [-0.25, -0.2) is 17.7 Å². The molecule has 0 unspecified atom stereocenters. The number of aliphatic imine (C=N–C) groups is 1. The highest BCUT2D eigenvalue weighted by Gasteiger charge is 2.27. The van der Waals surface area contributed by atoms with Gasteiger partial charge < -0.3 is 15.4 Å². The maximum absolute atomic E-state index is 12.2. The molecule has 2 N–H and O–H groups in total. The van der Waals surface area contributed by atoms with E-state index in [0.717, 1.165) is 31.0 Å². The lowest BCUT2D eigenvalue weighted by atomic mass is 10.1. The SMILES string of the molecule is CCCS(=O)(=O)N1CCC(NC(=NC)NCc2ccnc(OCC3CC3)c2)CC1. The molecular formula is C20H33N5O3S. The van der Waals surface area contributed by atoms with Gasteiger partial charge in [0, 0.05) is 45.0 Å². The van der Waals surface area contributed by atoms with Crippen LogP contribution in [0.15, 0.2) is 23.3 Å². The van der Waals surface area contributed by atoms with Crippen molar-refractivity contribution in [1.82, 2.24) is 19.9 Å². The van der Waals surface area contributed by atoms with E-state index >= 15 is 0 Å². The van der Waals surface area contributed by atoms with E-state index in [2.05, 4.69) is 20.6 Å². The van der Waals surface area contributed by atoms with Crippen molar-refractivity contribution in [1.29, 1.82) is 0 Å². The summed E-state index contributed by atoms with van der Waals surface area (Å²) in [6.07, 6.45) is 6.48. The lowest BCUT2D eigenvalue weighted by molar-refractivity contribution is 0.288. The first kappa shape index (κ1) is 21.8. The fourth-order valence-electron chi connectivity index (χ4n) is 3.37. The van der Waals surface area contributed by atoms with Gasteiger partial charge in [-0.05, 0) is 49.7 Å². The molecule has 1 aromatic rings. The third-order valence-corrected chi connectivity index (χ3v) is 7.37. The van der Waals surface area contributed by atoms with Gasteiger partial charge in [0.15, 0.2) is 5.96 Å². The number of guanidine groups is 1. The summed E-state index contributed by atoms with van der Waals surface area (Å²) in [5.41, 5.74) is 1.08. The molecule has 1 aromatic heterocycles. The van der Waals surface area contributed by atoms with Gasteiger partial charge in [0.1, 0.15) is 0 Å². The molecule has 9 heteroatoms. The summed E-state index contributed by atoms with van der Waals surface area (Å²) in [6, 6.07) is 4.13. The van der Waals surface area contributed by atoms with Gasteiger partial charge in [0.25, 0.3) is 0 Å². The number of hydrogen-bond donors (Lipinski definition) is 2. The highest BCUT2D eigenvalue weighted by molar-refractivity contribution is 7.89. The Morgan fingerprint density at radius 2 is 2.07 bits per heavy atom. The maximum atomic E-state index is 12.2. The minimum absolute atomic E-state index is 0.212. The number of aromatic nitrogens is 1. The zero-order valence-electron chi connectivity index (χ0n) is 17.4. The highest BCUT2D eigenvalue weighted by Crippen LogP contribution is 2.29. The van der Waals surface area contributed by atoms with E-state index in [1.54, 1.807) is 17.5 Å². The van der Waals surface area contributed by atoms with Gasteiger partial charge in [0.2, 0.25) is 15.9 Å². The van der Waals surface area contributed by atoms with Crippen molar-refractivity contribution in [2.75, 3.05) is 32.5 Å². The first-order valence-corrected chi connectivity index (χ1v) is 12.1. The van der Waals surface area contributed by atoms with Crippen LogP contribution in [0.2, 0.25) is 0 Å². The number of nitrogens with zero attached hydrogens (tertiary/aromatic N) is 3. The van der Waals surface area contributed by atoms with E-state index in [1.807, 2.05) is 19.1 Å². The average molecular weight is 424 g/mol. The lowest BCUT2D eigenvalue weighted by Gasteiger charge is -2.32. The Morgan fingerprint density at radius 1 is 1.31 bits per heavy atom. The van der Waals surface area contributed by atoms with Crippen LogP contribution in [0.25, 0.3) is 0 Å². The van der Waals surface area contributed by atoms with Crippen molar-refractivity contribution < 1.29 is 13.2 Å². The summed E-state index contributed by atoms with van der Waals surface area (Å²) in [7, 11) is -1.36. The number of nitrogens with one attached hydrogen (secondary N) is 2. The Morgan fingerprint density at radius 3 is 2.72 bits per heavy atom. The van der Waals surface area contributed by atoms with E-state index in [1.165, 1.54) is 12.8 Å². The van der Waals surface area contributed by atoms with Crippen LogP contribution in [-0.2, 0) is 16.6 Å². The molecule has 0 amide bonds. The molecule has 1 aliphatic carbocycles. The van der Waals surface area contributed by atoms with Crippen molar-refractivity contribution >= 4 is 16.0 Å². The predicted molar refractivity (Wildman–Crippen MR) is 114 cm³/mol. The Labute approximate surface area is 174 Å². The Balaban J connectivity index is 1.43. The standard InChI is InChI=1S/C20H33N5O3S/c1-3-12-29(26,27)25-10-7-18(8-11-25)24-20(21-2)23-14-17-6-9-22-19(13-17)28-15-16-4-5-16/h6,9,13,16,18H,3-5,7-8,10-12,14-15H2,1-2H3,(H2,21,23,24). The molecule has 2 aliphatic rings. The second-order valence-electron chi connectivity index (χ2n) is 7.82. The summed E-state index contributed by atoms with van der Waals surface area (Å²) >= 11 is 0. The fraction of sp³-hybridized carbons (Fsp3) is 0.700. The maximum Gasteiger partial charge on any atom is 0.214 e. The smallest absolute Gasteiger partial charge is 0.214 e. The van der Waals surface area contributed by atoms with Crippen LogP contribution >= 0.6 is 0 Å². The van der Waals surface area contributed by atoms with Crippen LogP contribution in [0, 0.1) is 5.92 Å². The molecule has 0 aromatic carbocycles. The largest absolute Gasteiger partial charge is 0.477 e. The summed E-state index contributed by atoms with van der Waals surface area (Å²) in [5.74, 6) is 2.31. The fourth-order valence-corrected chi connectivity index (χ4v) is 4.91. The molecule has 2 heterocycles. The summed E-state index contributed by atoms with van der Waals surface area (Å²) in [6.45, 7) is 4.38. The van der Waals surface area contributed by atoms with Crippen molar-refractivity contribution in [3.63, 3.8) is 0 Å². The number of piperidine rings is 1. The monoisotopic (exact) mass is 423 g/mol. The zero-order valence-corrected chi connectivity index (χ0v) is 18.2. The van der Waals surface area contributed by atoms with Crippen molar-refractivity contribution in [3.8, 4) is 5.88 Å². The molecule has 3 rings (SSSR count). The van der Waals surface area contributed by atoms with Gasteiger partial charge in [-0.2, -0.15) is 0 Å². The molecule has 0 spiro atoms. The first-order chi connectivity index (χ1) is 14.0. The Hall–Kier alpha value is -1.87. The molecule has 1 saturated carbocycles. The summed E-state index contributed by atoms with van der Waals surface area (Å²) in [5, 5.41) is 6.74. The second kappa shape index (κ2) is 10.2. The van der Waals surface area contributed by atoms with Crippen LogP contribution < -0.4 is 15.4 Å². The van der Waals surface area contributed by atoms with Crippen LogP contribution in [0.3, 0.4) is 0 Å². The molecule has 0 atom stereocenters. The highest BCUT2D eigenvalue weighted by atomic mass is 32.2.